The standard InChI is InChI=1S/C18H27N3O2/c1-21(2)16-12-6-5-11-15(16)20-18(23)17(22)19-13-7-10-14-8-3-4-9-14/h5-6,11-12,14H,3-4,7-10,13H2,1-2H3,(H,19,22)(H,20,23). The van der Waals surface area contributed by atoms with Crippen LogP contribution in [-0.4, -0.2) is 32.5 Å². The zero-order valence-corrected chi connectivity index (χ0v) is 14.1. The van der Waals surface area contributed by atoms with Crippen LogP contribution in [0.15, 0.2) is 24.3 Å². The third kappa shape index (κ3) is 5.27. The van der Waals surface area contributed by atoms with Crippen LogP contribution in [0.5, 0.6) is 0 Å². The number of anilines is 2. The van der Waals surface area contributed by atoms with E-state index < -0.39 is 11.8 Å². The number of benzene rings is 1. The molecular formula is C18H27N3O2. The van der Waals surface area contributed by atoms with Crippen molar-refractivity contribution in [2.75, 3.05) is 30.9 Å². The van der Waals surface area contributed by atoms with E-state index >= 15 is 0 Å². The maximum atomic E-state index is 12.0. The Morgan fingerprint density at radius 3 is 2.52 bits per heavy atom. The van der Waals surface area contributed by atoms with Crippen LogP contribution in [-0.2, 0) is 9.59 Å². The van der Waals surface area contributed by atoms with Crippen LogP contribution >= 0.6 is 0 Å². The van der Waals surface area contributed by atoms with Crippen molar-refractivity contribution in [3.05, 3.63) is 24.3 Å². The highest BCUT2D eigenvalue weighted by atomic mass is 16.2. The van der Waals surface area contributed by atoms with Crippen LogP contribution in [0.3, 0.4) is 0 Å². The van der Waals surface area contributed by atoms with Gasteiger partial charge in [-0.2, -0.15) is 0 Å². The molecule has 5 nitrogen and oxygen atoms in total. The summed E-state index contributed by atoms with van der Waals surface area (Å²) in [5.41, 5.74) is 1.51. The van der Waals surface area contributed by atoms with E-state index in [1.807, 2.05) is 37.2 Å². The maximum absolute atomic E-state index is 12.0. The molecule has 1 aromatic carbocycles. The van der Waals surface area contributed by atoms with Crippen LogP contribution in [0.1, 0.15) is 38.5 Å². The number of amides is 2. The third-order valence-electron chi connectivity index (χ3n) is 4.39. The van der Waals surface area contributed by atoms with Gasteiger partial charge < -0.3 is 15.5 Å². The molecule has 1 aromatic rings. The van der Waals surface area contributed by atoms with Gasteiger partial charge in [0.25, 0.3) is 0 Å². The van der Waals surface area contributed by atoms with E-state index in [0.29, 0.717) is 12.2 Å². The SMILES string of the molecule is CN(C)c1ccccc1NC(=O)C(=O)NCCCC1CCCC1. The van der Waals surface area contributed by atoms with Crippen molar-refractivity contribution < 1.29 is 9.59 Å². The number of nitrogens with zero attached hydrogens (tertiary/aromatic N) is 1. The van der Waals surface area contributed by atoms with Crippen LogP contribution in [0.4, 0.5) is 11.4 Å². The molecule has 0 saturated heterocycles. The average molecular weight is 317 g/mol. The van der Waals surface area contributed by atoms with Gasteiger partial charge in [0, 0.05) is 20.6 Å². The largest absolute Gasteiger partial charge is 0.376 e. The minimum atomic E-state index is -0.611. The van der Waals surface area contributed by atoms with Crippen molar-refractivity contribution in [3.8, 4) is 0 Å². The second-order valence-corrected chi connectivity index (χ2v) is 6.41. The Labute approximate surface area is 138 Å². The van der Waals surface area contributed by atoms with Gasteiger partial charge in [-0.1, -0.05) is 37.8 Å². The van der Waals surface area contributed by atoms with Crippen LogP contribution in [0, 0.1) is 5.92 Å². The molecule has 2 rings (SSSR count). The first-order valence-electron chi connectivity index (χ1n) is 8.43. The van der Waals surface area contributed by atoms with Crippen molar-refractivity contribution >= 4 is 23.2 Å². The molecule has 1 fully saturated rings. The monoisotopic (exact) mass is 317 g/mol. The number of para-hydroxylation sites is 2. The summed E-state index contributed by atoms with van der Waals surface area (Å²) in [6.07, 6.45) is 7.39. The Morgan fingerprint density at radius 2 is 1.83 bits per heavy atom. The fourth-order valence-electron chi connectivity index (χ4n) is 3.12. The summed E-state index contributed by atoms with van der Waals surface area (Å²) < 4.78 is 0. The lowest BCUT2D eigenvalue weighted by atomic mass is 10.0. The molecule has 2 N–H and O–H groups in total. The molecule has 1 aliphatic carbocycles. The van der Waals surface area contributed by atoms with Gasteiger partial charge in [-0.3, -0.25) is 9.59 Å². The van der Waals surface area contributed by atoms with Gasteiger partial charge in [0.2, 0.25) is 0 Å². The Hall–Kier alpha value is -2.04. The fraction of sp³-hybridized carbons (Fsp3) is 0.556. The molecule has 0 unspecified atom stereocenters. The molecule has 2 amide bonds. The molecule has 0 aliphatic heterocycles. The van der Waals surface area contributed by atoms with E-state index in [1.54, 1.807) is 6.07 Å². The number of rotatable bonds is 6. The van der Waals surface area contributed by atoms with Crippen LogP contribution in [0.2, 0.25) is 0 Å². The summed E-state index contributed by atoms with van der Waals surface area (Å²) in [7, 11) is 3.79. The van der Waals surface area contributed by atoms with E-state index in [4.69, 9.17) is 0 Å². The summed E-state index contributed by atoms with van der Waals surface area (Å²) >= 11 is 0. The number of hydrogen-bond acceptors (Lipinski definition) is 3. The summed E-state index contributed by atoms with van der Waals surface area (Å²) in [5.74, 6) is -0.363. The second kappa shape index (κ2) is 8.56. The number of carbonyl (C=O) groups excluding carboxylic acids is 2. The zero-order valence-electron chi connectivity index (χ0n) is 14.1. The number of hydrogen-bond donors (Lipinski definition) is 2. The van der Waals surface area contributed by atoms with E-state index in [9.17, 15) is 9.59 Å². The summed E-state index contributed by atoms with van der Waals surface area (Å²) in [5, 5.41) is 5.39. The highest BCUT2D eigenvalue weighted by Crippen LogP contribution is 2.28. The van der Waals surface area contributed by atoms with Gasteiger partial charge in [-0.05, 0) is 30.9 Å². The molecule has 0 heterocycles. The van der Waals surface area contributed by atoms with Crippen molar-refractivity contribution in [2.45, 2.75) is 38.5 Å². The first-order valence-corrected chi connectivity index (χ1v) is 8.43. The second-order valence-electron chi connectivity index (χ2n) is 6.41. The highest BCUT2D eigenvalue weighted by Gasteiger charge is 2.17. The Morgan fingerprint density at radius 1 is 1.13 bits per heavy atom. The Balaban J connectivity index is 1.75. The molecule has 1 saturated carbocycles. The molecule has 0 atom stereocenters. The van der Waals surface area contributed by atoms with Gasteiger partial charge in [0.05, 0.1) is 11.4 Å². The van der Waals surface area contributed by atoms with Crippen molar-refractivity contribution in [1.82, 2.24) is 5.32 Å². The van der Waals surface area contributed by atoms with E-state index in [-0.39, 0.29) is 0 Å². The fourth-order valence-corrected chi connectivity index (χ4v) is 3.12. The van der Waals surface area contributed by atoms with E-state index in [0.717, 1.165) is 24.4 Å². The Kier molecular flexibility index (Phi) is 6.44. The summed E-state index contributed by atoms with van der Waals surface area (Å²) in [6, 6.07) is 7.42. The molecule has 0 bridgehead atoms. The molecule has 0 aromatic heterocycles. The van der Waals surface area contributed by atoms with Gasteiger partial charge in [0.15, 0.2) is 0 Å². The van der Waals surface area contributed by atoms with Gasteiger partial charge in [-0.15, -0.1) is 0 Å². The smallest absolute Gasteiger partial charge is 0.313 e. The molecule has 1 aliphatic rings. The average Bonchev–Trinajstić information content (AvgIpc) is 3.05. The third-order valence-corrected chi connectivity index (χ3v) is 4.39. The van der Waals surface area contributed by atoms with Crippen LogP contribution in [0.25, 0.3) is 0 Å². The normalized spacial score (nSPS) is 14.5. The molecule has 0 spiro atoms. The predicted molar refractivity (Wildman–Crippen MR) is 93.6 cm³/mol. The zero-order chi connectivity index (χ0) is 16.7. The lowest BCUT2D eigenvalue weighted by Gasteiger charge is -2.17. The van der Waals surface area contributed by atoms with Crippen molar-refractivity contribution in [2.24, 2.45) is 5.92 Å². The molecule has 0 radical (unpaired) electrons. The quantitative estimate of drug-likeness (QED) is 0.626. The first-order chi connectivity index (χ1) is 11.1. The van der Waals surface area contributed by atoms with Gasteiger partial charge >= 0.3 is 11.8 Å². The number of nitrogens with one attached hydrogen (secondary N) is 2. The molecule has 5 heteroatoms. The lowest BCUT2D eigenvalue weighted by molar-refractivity contribution is -0.136. The van der Waals surface area contributed by atoms with Crippen molar-refractivity contribution in [3.63, 3.8) is 0 Å². The van der Waals surface area contributed by atoms with E-state index in [1.165, 1.54) is 25.7 Å². The maximum Gasteiger partial charge on any atom is 0.313 e. The molecule has 23 heavy (non-hydrogen) atoms. The van der Waals surface area contributed by atoms with Gasteiger partial charge in [0.1, 0.15) is 0 Å². The highest BCUT2D eigenvalue weighted by molar-refractivity contribution is 6.39. The predicted octanol–water partition coefficient (Wildman–Crippen LogP) is 2.78. The summed E-state index contributed by atoms with van der Waals surface area (Å²) in [4.78, 5) is 25.8. The minimum Gasteiger partial charge on any atom is -0.376 e. The van der Waals surface area contributed by atoms with Crippen LogP contribution < -0.4 is 15.5 Å². The van der Waals surface area contributed by atoms with Crippen molar-refractivity contribution in [1.29, 1.82) is 0 Å². The summed E-state index contributed by atoms with van der Waals surface area (Å²) in [6.45, 7) is 0.568. The van der Waals surface area contributed by atoms with E-state index in [2.05, 4.69) is 10.6 Å². The minimum absolute atomic E-state index is 0.565. The Bertz CT molecular complexity index is 537. The molecular weight excluding hydrogens is 290 g/mol. The molecule has 126 valence electrons. The van der Waals surface area contributed by atoms with Gasteiger partial charge in [-0.25, -0.2) is 0 Å². The topological polar surface area (TPSA) is 61.4 Å². The number of carbonyl (C=O) groups is 2. The lowest BCUT2D eigenvalue weighted by Crippen LogP contribution is -2.36. The first kappa shape index (κ1) is 17.3.